The molecule has 0 aliphatic rings. The molecule has 3 aromatic heterocycles. The topological polar surface area (TPSA) is 65.1 Å². The lowest BCUT2D eigenvalue weighted by Gasteiger charge is -2.14. The summed E-state index contributed by atoms with van der Waals surface area (Å²) in [5.74, 6) is 1.15. The molecule has 0 unspecified atom stereocenters. The Kier molecular flexibility index (Phi) is 5.74. The molecule has 164 valence electrons. The molecule has 33 heavy (non-hydrogen) atoms. The number of pyridine rings is 1. The maximum atomic E-state index is 12.5. The van der Waals surface area contributed by atoms with Crippen LogP contribution in [-0.2, 0) is 5.75 Å². The predicted molar refractivity (Wildman–Crippen MR) is 132 cm³/mol. The molecule has 2 aromatic carbocycles. The summed E-state index contributed by atoms with van der Waals surface area (Å²) in [5.41, 5.74) is 5.22. The van der Waals surface area contributed by atoms with E-state index >= 15 is 0 Å². The molecule has 0 aliphatic carbocycles. The van der Waals surface area contributed by atoms with Crippen LogP contribution in [0.4, 0.5) is 0 Å². The molecular weight excluding hydrogens is 454 g/mol. The summed E-state index contributed by atoms with van der Waals surface area (Å²) in [6.45, 7) is 4.12. The van der Waals surface area contributed by atoms with Crippen LogP contribution in [0.25, 0.3) is 22.7 Å². The molecule has 0 atom stereocenters. The minimum absolute atomic E-state index is 0.107. The van der Waals surface area contributed by atoms with Gasteiger partial charge in [0.2, 0.25) is 0 Å². The molecule has 0 N–H and O–H groups in total. The number of rotatable bonds is 5. The van der Waals surface area contributed by atoms with E-state index in [1.54, 1.807) is 12.3 Å². The van der Waals surface area contributed by atoms with Crippen molar-refractivity contribution in [2.24, 2.45) is 0 Å². The van der Waals surface area contributed by atoms with Crippen LogP contribution in [0.5, 0.6) is 0 Å². The quantitative estimate of drug-likeness (QED) is 0.315. The molecule has 5 aromatic rings. The zero-order valence-electron chi connectivity index (χ0n) is 18.1. The van der Waals surface area contributed by atoms with E-state index in [2.05, 4.69) is 47.2 Å². The standard InChI is InChI=1S/C25H20ClN5OS/c1-16-10-11-17(2)21(13-16)31-24(19-7-3-4-8-20(19)26)28-29-25(31)33-15-18-14-23(32)30-12-6-5-9-22(30)27-18/h3-14H,15H2,1-2H3. The molecule has 0 amide bonds. The van der Waals surface area contributed by atoms with Crippen molar-refractivity contribution in [3.05, 3.63) is 105 Å². The van der Waals surface area contributed by atoms with E-state index in [0.717, 1.165) is 22.4 Å². The normalized spacial score (nSPS) is 11.2. The van der Waals surface area contributed by atoms with Gasteiger partial charge in [-0.05, 0) is 55.3 Å². The zero-order valence-corrected chi connectivity index (χ0v) is 19.6. The van der Waals surface area contributed by atoms with E-state index in [1.165, 1.54) is 16.2 Å². The van der Waals surface area contributed by atoms with Gasteiger partial charge in [-0.15, -0.1) is 10.2 Å². The Balaban J connectivity index is 1.59. The lowest BCUT2D eigenvalue weighted by atomic mass is 10.1. The van der Waals surface area contributed by atoms with Crippen LogP contribution in [0.15, 0.2) is 82.9 Å². The van der Waals surface area contributed by atoms with Crippen molar-refractivity contribution in [1.29, 1.82) is 0 Å². The second-order valence-corrected chi connectivity index (χ2v) is 9.06. The second-order valence-electron chi connectivity index (χ2n) is 7.71. The molecule has 3 heterocycles. The highest BCUT2D eigenvalue weighted by Gasteiger charge is 2.20. The van der Waals surface area contributed by atoms with E-state index < -0.39 is 0 Å². The number of benzene rings is 2. The number of hydrogen-bond acceptors (Lipinski definition) is 5. The van der Waals surface area contributed by atoms with Crippen molar-refractivity contribution in [2.75, 3.05) is 0 Å². The number of nitrogens with zero attached hydrogens (tertiary/aromatic N) is 5. The third-order valence-electron chi connectivity index (χ3n) is 5.33. The number of thioether (sulfide) groups is 1. The van der Waals surface area contributed by atoms with E-state index in [0.29, 0.717) is 33.1 Å². The Morgan fingerprint density at radius 1 is 0.970 bits per heavy atom. The van der Waals surface area contributed by atoms with Gasteiger partial charge in [-0.25, -0.2) is 4.98 Å². The average molecular weight is 474 g/mol. The first-order valence-corrected chi connectivity index (χ1v) is 11.8. The summed E-state index contributed by atoms with van der Waals surface area (Å²) >= 11 is 7.99. The Labute approximate surface area is 199 Å². The van der Waals surface area contributed by atoms with E-state index in [-0.39, 0.29) is 5.56 Å². The Hall–Kier alpha value is -3.42. The first-order chi connectivity index (χ1) is 16.0. The van der Waals surface area contributed by atoms with Crippen LogP contribution in [0.2, 0.25) is 5.02 Å². The van der Waals surface area contributed by atoms with Gasteiger partial charge in [0.15, 0.2) is 11.0 Å². The first kappa shape index (κ1) is 21.4. The van der Waals surface area contributed by atoms with Gasteiger partial charge in [0.1, 0.15) is 5.65 Å². The monoisotopic (exact) mass is 473 g/mol. The fraction of sp³-hybridized carbons (Fsp3) is 0.120. The summed E-state index contributed by atoms with van der Waals surface area (Å²) in [7, 11) is 0. The van der Waals surface area contributed by atoms with Gasteiger partial charge in [-0.3, -0.25) is 13.8 Å². The predicted octanol–water partition coefficient (Wildman–Crippen LogP) is 5.50. The molecule has 0 saturated carbocycles. The largest absolute Gasteiger partial charge is 0.270 e. The fourth-order valence-corrected chi connectivity index (χ4v) is 4.73. The van der Waals surface area contributed by atoms with E-state index in [9.17, 15) is 4.79 Å². The van der Waals surface area contributed by atoms with Crippen LogP contribution in [0, 0.1) is 13.8 Å². The number of fused-ring (bicyclic) bond motifs is 1. The zero-order chi connectivity index (χ0) is 22.9. The molecule has 5 rings (SSSR count). The van der Waals surface area contributed by atoms with Crippen LogP contribution in [0.3, 0.4) is 0 Å². The molecule has 0 bridgehead atoms. The lowest BCUT2D eigenvalue weighted by molar-refractivity contribution is 0.878. The highest BCUT2D eigenvalue weighted by molar-refractivity contribution is 7.98. The molecule has 0 radical (unpaired) electrons. The third kappa shape index (κ3) is 4.17. The van der Waals surface area contributed by atoms with Crippen molar-refractivity contribution in [3.63, 3.8) is 0 Å². The third-order valence-corrected chi connectivity index (χ3v) is 6.62. The molecule has 0 saturated heterocycles. The smallest absolute Gasteiger partial charge is 0.258 e. The summed E-state index contributed by atoms with van der Waals surface area (Å²) in [5, 5.41) is 10.3. The Bertz CT molecular complexity index is 1540. The van der Waals surface area contributed by atoms with E-state index in [1.807, 2.05) is 47.0 Å². The average Bonchev–Trinajstić information content (AvgIpc) is 3.23. The summed E-state index contributed by atoms with van der Waals surface area (Å²) in [6.07, 6.45) is 1.72. The van der Waals surface area contributed by atoms with Crippen LogP contribution >= 0.6 is 23.4 Å². The molecule has 0 aliphatic heterocycles. The van der Waals surface area contributed by atoms with E-state index in [4.69, 9.17) is 11.6 Å². The van der Waals surface area contributed by atoms with Gasteiger partial charge >= 0.3 is 0 Å². The maximum absolute atomic E-state index is 12.5. The van der Waals surface area contributed by atoms with Gasteiger partial charge in [0.05, 0.1) is 16.4 Å². The molecule has 0 fully saturated rings. The van der Waals surface area contributed by atoms with Crippen molar-refractivity contribution >= 4 is 29.0 Å². The van der Waals surface area contributed by atoms with Gasteiger partial charge in [-0.1, -0.05) is 53.7 Å². The number of aryl methyl sites for hydroxylation is 2. The lowest BCUT2D eigenvalue weighted by Crippen LogP contribution is -2.14. The van der Waals surface area contributed by atoms with Gasteiger partial charge in [0, 0.05) is 23.6 Å². The number of aromatic nitrogens is 5. The molecular formula is C25H20ClN5OS. The summed E-state index contributed by atoms with van der Waals surface area (Å²) < 4.78 is 3.56. The van der Waals surface area contributed by atoms with Crippen molar-refractivity contribution in [2.45, 2.75) is 24.8 Å². The summed E-state index contributed by atoms with van der Waals surface area (Å²) in [4.78, 5) is 17.1. The van der Waals surface area contributed by atoms with Gasteiger partial charge < -0.3 is 0 Å². The van der Waals surface area contributed by atoms with Crippen molar-refractivity contribution < 1.29 is 0 Å². The number of halogens is 1. The van der Waals surface area contributed by atoms with Crippen LogP contribution in [0.1, 0.15) is 16.8 Å². The maximum Gasteiger partial charge on any atom is 0.258 e. The molecule has 8 heteroatoms. The highest BCUT2D eigenvalue weighted by atomic mass is 35.5. The van der Waals surface area contributed by atoms with Crippen molar-refractivity contribution in [3.8, 4) is 17.1 Å². The first-order valence-electron chi connectivity index (χ1n) is 10.4. The fourth-order valence-electron chi connectivity index (χ4n) is 3.67. The van der Waals surface area contributed by atoms with Gasteiger partial charge in [0.25, 0.3) is 5.56 Å². The minimum Gasteiger partial charge on any atom is -0.270 e. The Morgan fingerprint density at radius 3 is 2.64 bits per heavy atom. The number of hydrogen-bond donors (Lipinski definition) is 0. The van der Waals surface area contributed by atoms with Crippen LogP contribution < -0.4 is 5.56 Å². The second kappa shape index (κ2) is 8.84. The van der Waals surface area contributed by atoms with Crippen molar-refractivity contribution in [1.82, 2.24) is 24.1 Å². The van der Waals surface area contributed by atoms with Gasteiger partial charge in [-0.2, -0.15) is 0 Å². The summed E-state index contributed by atoms with van der Waals surface area (Å²) in [6, 6.07) is 21.0. The van der Waals surface area contributed by atoms with Crippen LogP contribution in [-0.4, -0.2) is 24.1 Å². The molecule has 0 spiro atoms. The SMILES string of the molecule is Cc1ccc(C)c(-n2c(SCc3cc(=O)n4ccccc4n3)nnc2-c2ccccc2Cl)c1. The highest BCUT2D eigenvalue weighted by Crippen LogP contribution is 2.34. The molecule has 6 nitrogen and oxygen atoms in total. The Morgan fingerprint density at radius 2 is 1.79 bits per heavy atom. The minimum atomic E-state index is -0.107.